The zero-order valence-corrected chi connectivity index (χ0v) is 19.8. The lowest BCUT2D eigenvalue weighted by Gasteiger charge is -2.10. The quantitative estimate of drug-likeness (QED) is 0.250. The van der Waals surface area contributed by atoms with Crippen LogP contribution in [0.1, 0.15) is 11.1 Å². The van der Waals surface area contributed by atoms with Crippen LogP contribution in [0.2, 0.25) is 5.02 Å². The Morgan fingerprint density at radius 3 is 2.46 bits per heavy atom. The highest BCUT2D eigenvalue weighted by Crippen LogP contribution is 2.25. The molecule has 3 aromatic rings. The van der Waals surface area contributed by atoms with Gasteiger partial charge < -0.3 is 20.1 Å². The van der Waals surface area contributed by atoms with E-state index in [1.165, 1.54) is 13.3 Å². The molecule has 0 heterocycles. The third-order valence-electron chi connectivity index (χ3n) is 4.55. The summed E-state index contributed by atoms with van der Waals surface area (Å²) in [6.45, 7) is 1.67. The molecule has 0 aromatic heterocycles. The molecule has 9 nitrogen and oxygen atoms in total. The van der Waals surface area contributed by atoms with Crippen LogP contribution >= 0.6 is 11.6 Å². The first-order valence-electron chi connectivity index (χ1n) is 10.4. The molecule has 0 bridgehead atoms. The van der Waals surface area contributed by atoms with Crippen molar-refractivity contribution >= 4 is 46.9 Å². The van der Waals surface area contributed by atoms with Crippen LogP contribution in [0.4, 0.5) is 11.4 Å². The normalized spacial score (nSPS) is 10.5. The monoisotopic (exact) mass is 494 g/mol. The molecular formula is C25H23ClN4O5. The van der Waals surface area contributed by atoms with Crippen molar-refractivity contribution in [2.45, 2.75) is 6.92 Å². The summed E-state index contributed by atoms with van der Waals surface area (Å²) in [4.78, 5) is 36.2. The Morgan fingerprint density at radius 2 is 1.74 bits per heavy atom. The van der Waals surface area contributed by atoms with Crippen molar-refractivity contribution < 1.29 is 23.9 Å². The number of carbonyl (C=O) groups is 3. The van der Waals surface area contributed by atoms with Crippen molar-refractivity contribution in [1.29, 1.82) is 0 Å². The molecule has 0 aliphatic rings. The number of nitrogens with one attached hydrogen (secondary N) is 3. The smallest absolute Gasteiger partial charge is 0.329 e. The molecule has 0 fully saturated rings. The fourth-order valence-corrected chi connectivity index (χ4v) is 3.07. The summed E-state index contributed by atoms with van der Waals surface area (Å²) >= 11 is 5.89. The van der Waals surface area contributed by atoms with E-state index < -0.39 is 11.8 Å². The second-order valence-corrected chi connectivity index (χ2v) is 7.71. The van der Waals surface area contributed by atoms with Gasteiger partial charge in [-0.1, -0.05) is 23.7 Å². The van der Waals surface area contributed by atoms with Crippen LogP contribution in [0.3, 0.4) is 0 Å². The number of methoxy groups -OCH3 is 1. The van der Waals surface area contributed by atoms with Crippen molar-refractivity contribution in [3.63, 3.8) is 0 Å². The minimum Gasteiger partial charge on any atom is -0.495 e. The summed E-state index contributed by atoms with van der Waals surface area (Å²) in [5, 5.41) is 9.49. The largest absolute Gasteiger partial charge is 0.495 e. The first kappa shape index (κ1) is 25.3. The fourth-order valence-electron chi connectivity index (χ4n) is 2.88. The molecule has 0 saturated heterocycles. The number of hydrogen-bond acceptors (Lipinski definition) is 6. The molecule has 3 aromatic carbocycles. The summed E-state index contributed by atoms with van der Waals surface area (Å²) in [6.07, 6.45) is 1.37. The Labute approximate surface area is 207 Å². The number of nitrogens with zero attached hydrogens (tertiary/aromatic N) is 1. The van der Waals surface area contributed by atoms with Crippen molar-refractivity contribution in [2.24, 2.45) is 5.10 Å². The van der Waals surface area contributed by atoms with E-state index in [9.17, 15) is 14.4 Å². The van der Waals surface area contributed by atoms with Gasteiger partial charge >= 0.3 is 11.8 Å². The number of ether oxygens (including phenoxy) is 2. The standard InChI is InChI=1S/C25H23ClN4O5/c1-16-6-11-22(34-2)21(12-16)29-24(32)25(33)30-27-14-17-7-9-20(10-8-17)35-15-23(31)28-19-5-3-4-18(26)13-19/h3-14H,15H2,1-2H3,(H,28,31)(H,29,32)(H,30,33)/b27-14-. The van der Waals surface area contributed by atoms with Gasteiger partial charge in [-0.2, -0.15) is 5.10 Å². The predicted octanol–water partition coefficient (Wildman–Crippen LogP) is 3.76. The molecule has 35 heavy (non-hydrogen) atoms. The third-order valence-corrected chi connectivity index (χ3v) is 4.78. The van der Waals surface area contributed by atoms with Crippen molar-refractivity contribution in [1.82, 2.24) is 5.43 Å². The summed E-state index contributed by atoms with van der Waals surface area (Å²) in [5.41, 5.74) is 4.66. The molecule has 3 rings (SSSR count). The number of carbonyl (C=O) groups excluding carboxylic acids is 3. The van der Waals surface area contributed by atoms with E-state index in [2.05, 4.69) is 21.2 Å². The Balaban J connectivity index is 1.46. The Hall–Kier alpha value is -4.37. The van der Waals surface area contributed by atoms with Crippen LogP contribution < -0.4 is 25.5 Å². The molecule has 0 radical (unpaired) electrons. The molecule has 3 N–H and O–H groups in total. The van der Waals surface area contributed by atoms with E-state index in [1.807, 2.05) is 13.0 Å². The number of aryl methyl sites for hydroxylation is 1. The van der Waals surface area contributed by atoms with Crippen LogP contribution in [-0.4, -0.2) is 37.7 Å². The van der Waals surface area contributed by atoms with Crippen LogP contribution in [-0.2, 0) is 14.4 Å². The lowest BCUT2D eigenvalue weighted by atomic mass is 10.2. The van der Waals surface area contributed by atoms with Gasteiger partial charge in [-0.15, -0.1) is 0 Å². The minimum atomic E-state index is -0.935. The van der Waals surface area contributed by atoms with Crippen LogP contribution in [0, 0.1) is 6.92 Å². The lowest BCUT2D eigenvalue weighted by molar-refractivity contribution is -0.136. The molecule has 0 unspecified atom stereocenters. The number of halogens is 1. The number of hydrogen-bond donors (Lipinski definition) is 3. The summed E-state index contributed by atoms with van der Waals surface area (Å²) < 4.78 is 10.6. The highest BCUT2D eigenvalue weighted by molar-refractivity contribution is 6.39. The summed E-state index contributed by atoms with van der Waals surface area (Å²) in [6, 6.07) is 18.7. The molecule has 10 heteroatoms. The molecule has 0 aliphatic heterocycles. The van der Waals surface area contributed by atoms with Gasteiger partial charge in [0, 0.05) is 10.7 Å². The van der Waals surface area contributed by atoms with E-state index in [0.29, 0.717) is 33.5 Å². The Bertz CT molecular complexity index is 1240. The first-order valence-corrected chi connectivity index (χ1v) is 10.8. The molecule has 3 amide bonds. The lowest BCUT2D eigenvalue weighted by Crippen LogP contribution is -2.32. The molecule has 0 aliphatic carbocycles. The van der Waals surface area contributed by atoms with E-state index in [-0.39, 0.29) is 12.5 Å². The number of hydrazone groups is 1. The average molecular weight is 495 g/mol. The maximum absolute atomic E-state index is 12.1. The molecule has 180 valence electrons. The van der Waals surface area contributed by atoms with Crippen LogP contribution in [0.5, 0.6) is 11.5 Å². The van der Waals surface area contributed by atoms with Gasteiger partial charge in [-0.3, -0.25) is 14.4 Å². The summed E-state index contributed by atoms with van der Waals surface area (Å²) in [7, 11) is 1.47. The maximum Gasteiger partial charge on any atom is 0.329 e. The number of anilines is 2. The first-order chi connectivity index (χ1) is 16.8. The highest BCUT2D eigenvalue weighted by atomic mass is 35.5. The van der Waals surface area contributed by atoms with Gasteiger partial charge in [0.15, 0.2) is 6.61 Å². The Morgan fingerprint density at radius 1 is 0.971 bits per heavy atom. The Kier molecular flexibility index (Phi) is 8.80. The van der Waals surface area contributed by atoms with Crippen LogP contribution in [0.25, 0.3) is 0 Å². The maximum atomic E-state index is 12.1. The molecular weight excluding hydrogens is 472 g/mol. The molecule has 0 atom stereocenters. The van der Waals surface area contributed by atoms with Crippen LogP contribution in [0.15, 0.2) is 71.8 Å². The zero-order chi connectivity index (χ0) is 25.2. The van der Waals surface area contributed by atoms with Crippen molar-refractivity contribution in [2.75, 3.05) is 24.4 Å². The fraction of sp³-hybridized carbons (Fsp3) is 0.120. The van der Waals surface area contributed by atoms with Crippen molar-refractivity contribution in [3.05, 3.63) is 82.9 Å². The molecule has 0 spiro atoms. The van der Waals surface area contributed by atoms with Gasteiger partial charge in [0.2, 0.25) is 0 Å². The second-order valence-electron chi connectivity index (χ2n) is 7.27. The van der Waals surface area contributed by atoms with E-state index in [0.717, 1.165) is 5.56 Å². The van der Waals surface area contributed by atoms with Gasteiger partial charge in [0.05, 0.1) is 19.0 Å². The predicted molar refractivity (Wildman–Crippen MR) is 134 cm³/mol. The topological polar surface area (TPSA) is 118 Å². The average Bonchev–Trinajstić information content (AvgIpc) is 2.83. The van der Waals surface area contributed by atoms with E-state index >= 15 is 0 Å². The third kappa shape index (κ3) is 7.86. The van der Waals surface area contributed by atoms with E-state index in [4.69, 9.17) is 21.1 Å². The molecule has 0 saturated carbocycles. The number of amides is 3. The van der Waals surface area contributed by atoms with Gasteiger partial charge in [-0.05, 0) is 72.6 Å². The van der Waals surface area contributed by atoms with Gasteiger partial charge in [0.25, 0.3) is 5.91 Å². The van der Waals surface area contributed by atoms with E-state index in [1.54, 1.807) is 60.7 Å². The minimum absolute atomic E-state index is 0.184. The zero-order valence-electron chi connectivity index (χ0n) is 19.0. The highest BCUT2D eigenvalue weighted by Gasteiger charge is 2.15. The van der Waals surface area contributed by atoms with Gasteiger partial charge in [0.1, 0.15) is 11.5 Å². The van der Waals surface area contributed by atoms with Gasteiger partial charge in [-0.25, -0.2) is 5.43 Å². The van der Waals surface area contributed by atoms with Crippen molar-refractivity contribution in [3.8, 4) is 11.5 Å². The number of rotatable bonds is 8. The summed E-state index contributed by atoms with van der Waals surface area (Å²) in [5.74, 6) is -1.24. The second kappa shape index (κ2) is 12.2. The number of benzene rings is 3. The SMILES string of the molecule is COc1ccc(C)cc1NC(=O)C(=O)N/N=C\c1ccc(OCC(=O)Nc2cccc(Cl)c2)cc1.